The molecule has 0 aliphatic carbocycles. The summed E-state index contributed by atoms with van der Waals surface area (Å²) >= 11 is 11.9. The van der Waals surface area contributed by atoms with Crippen LogP contribution >= 0.6 is 23.2 Å². The van der Waals surface area contributed by atoms with Crippen LogP contribution < -0.4 is 5.32 Å². The summed E-state index contributed by atoms with van der Waals surface area (Å²) in [6.07, 6.45) is 1.41. The van der Waals surface area contributed by atoms with E-state index >= 15 is 0 Å². The molecule has 1 unspecified atom stereocenters. The number of amides is 2. The van der Waals surface area contributed by atoms with Gasteiger partial charge in [-0.15, -0.1) is 0 Å². The Labute approximate surface area is 186 Å². The molecule has 5 nitrogen and oxygen atoms in total. The summed E-state index contributed by atoms with van der Waals surface area (Å²) in [6.45, 7) is 2.96. The molecule has 158 valence electrons. The lowest BCUT2D eigenvalue weighted by molar-refractivity contribution is -0.142. The van der Waals surface area contributed by atoms with Crippen molar-refractivity contribution in [3.8, 4) is 0 Å². The van der Waals surface area contributed by atoms with Crippen molar-refractivity contribution in [3.63, 3.8) is 0 Å². The summed E-state index contributed by atoms with van der Waals surface area (Å²) < 4.78 is 0. The van der Waals surface area contributed by atoms with E-state index in [9.17, 15) is 14.4 Å². The van der Waals surface area contributed by atoms with Crippen LogP contribution in [0.1, 0.15) is 30.4 Å². The third-order valence-electron chi connectivity index (χ3n) is 5.32. The molecule has 1 heterocycles. The standard InChI is InChI=1S/C23H24Cl2N2O3/c1-15(17-7-3-2-4-8-17)13-27-14-18(21(28)23(27)30)22(29)26-11-5-6-16-9-10-19(24)20(25)12-16/h2-4,7-10,12,15,18H,5-6,11,13-14H2,1H3,(H,26,29)/t15-,18?/m1/s1. The quantitative estimate of drug-likeness (QED) is 0.380. The summed E-state index contributed by atoms with van der Waals surface area (Å²) in [5.74, 6) is -2.45. The number of nitrogens with one attached hydrogen (secondary N) is 1. The molecule has 1 fully saturated rings. The van der Waals surface area contributed by atoms with Gasteiger partial charge < -0.3 is 10.2 Å². The largest absolute Gasteiger partial charge is 0.355 e. The van der Waals surface area contributed by atoms with Crippen LogP contribution in [0.25, 0.3) is 0 Å². The Morgan fingerprint density at radius 2 is 1.87 bits per heavy atom. The number of carbonyl (C=O) groups excluding carboxylic acids is 3. The molecular formula is C23H24Cl2N2O3. The van der Waals surface area contributed by atoms with Crippen molar-refractivity contribution in [2.75, 3.05) is 19.6 Å². The Morgan fingerprint density at radius 1 is 1.13 bits per heavy atom. The van der Waals surface area contributed by atoms with Gasteiger partial charge in [-0.05, 0) is 42.0 Å². The van der Waals surface area contributed by atoms with E-state index in [1.54, 1.807) is 12.1 Å². The van der Waals surface area contributed by atoms with Crippen LogP contribution in [0.5, 0.6) is 0 Å². The van der Waals surface area contributed by atoms with E-state index in [-0.39, 0.29) is 12.5 Å². The van der Waals surface area contributed by atoms with E-state index in [0.29, 0.717) is 29.6 Å². The molecule has 30 heavy (non-hydrogen) atoms. The number of ketones is 1. The highest BCUT2D eigenvalue weighted by atomic mass is 35.5. The number of likely N-dealkylation sites (tertiary alicyclic amines) is 1. The molecule has 7 heteroatoms. The number of benzene rings is 2. The molecular weight excluding hydrogens is 423 g/mol. The van der Waals surface area contributed by atoms with Gasteiger partial charge in [-0.3, -0.25) is 14.4 Å². The lowest BCUT2D eigenvalue weighted by atomic mass is 10.0. The Bertz CT molecular complexity index is 933. The summed E-state index contributed by atoms with van der Waals surface area (Å²) in [5, 5.41) is 3.78. The first-order valence-electron chi connectivity index (χ1n) is 9.96. The number of rotatable bonds is 8. The maximum atomic E-state index is 12.5. The van der Waals surface area contributed by atoms with Crippen molar-refractivity contribution in [1.82, 2.24) is 10.2 Å². The number of Topliss-reactive ketones (excluding diaryl/α,β-unsaturated/α-hetero) is 1. The first-order valence-corrected chi connectivity index (χ1v) is 10.7. The second-order valence-electron chi connectivity index (χ2n) is 7.58. The zero-order valence-corrected chi connectivity index (χ0v) is 18.2. The van der Waals surface area contributed by atoms with E-state index in [1.807, 2.05) is 43.3 Å². The summed E-state index contributed by atoms with van der Waals surface area (Å²) in [7, 11) is 0. The smallest absolute Gasteiger partial charge is 0.290 e. The lowest BCUT2D eigenvalue weighted by Crippen LogP contribution is -2.36. The predicted octanol–water partition coefficient (Wildman–Crippen LogP) is 3.87. The van der Waals surface area contributed by atoms with Gasteiger partial charge in [0.1, 0.15) is 5.92 Å². The molecule has 1 saturated heterocycles. The number of aryl methyl sites for hydroxylation is 1. The molecule has 0 spiro atoms. The van der Waals surface area contributed by atoms with Gasteiger partial charge in [0.15, 0.2) is 0 Å². The van der Waals surface area contributed by atoms with Crippen molar-refractivity contribution in [2.24, 2.45) is 5.92 Å². The molecule has 0 radical (unpaired) electrons. The first kappa shape index (κ1) is 22.3. The van der Waals surface area contributed by atoms with E-state index in [0.717, 1.165) is 17.5 Å². The van der Waals surface area contributed by atoms with Crippen LogP contribution in [0.4, 0.5) is 0 Å². The molecule has 1 aliphatic heterocycles. The number of nitrogens with zero attached hydrogens (tertiary/aromatic N) is 1. The minimum absolute atomic E-state index is 0.0796. The van der Waals surface area contributed by atoms with Gasteiger partial charge in [0.25, 0.3) is 5.91 Å². The maximum Gasteiger partial charge on any atom is 0.290 e. The van der Waals surface area contributed by atoms with Crippen molar-refractivity contribution in [3.05, 3.63) is 69.7 Å². The van der Waals surface area contributed by atoms with Gasteiger partial charge in [-0.1, -0.05) is 66.5 Å². The Kier molecular flexibility index (Phi) is 7.51. The number of hydrogen-bond acceptors (Lipinski definition) is 3. The molecule has 0 saturated carbocycles. The van der Waals surface area contributed by atoms with E-state index in [1.165, 1.54) is 4.90 Å². The fourth-order valence-corrected chi connectivity index (χ4v) is 3.91. The summed E-state index contributed by atoms with van der Waals surface area (Å²) in [4.78, 5) is 38.6. The molecule has 3 rings (SSSR count). The van der Waals surface area contributed by atoms with Crippen molar-refractivity contribution >= 4 is 40.8 Å². The zero-order valence-electron chi connectivity index (χ0n) is 16.7. The molecule has 2 aromatic carbocycles. The van der Waals surface area contributed by atoms with Crippen LogP contribution in [0.15, 0.2) is 48.5 Å². The molecule has 0 bridgehead atoms. The fourth-order valence-electron chi connectivity index (χ4n) is 3.59. The van der Waals surface area contributed by atoms with Gasteiger partial charge in [0.2, 0.25) is 11.7 Å². The van der Waals surface area contributed by atoms with Gasteiger partial charge in [0, 0.05) is 19.6 Å². The molecule has 0 aromatic heterocycles. The predicted molar refractivity (Wildman–Crippen MR) is 118 cm³/mol. The van der Waals surface area contributed by atoms with Gasteiger partial charge >= 0.3 is 0 Å². The van der Waals surface area contributed by atoms with E-state index in [2.05, 4.69) is 5.32 Å². The van der Waals surface area contributed by atoms with Gasteiger partial charge in [-0.2, -0.15) is 0 Å². The van der Waals surface area contributed by atoms with E-state index in [4.69, 9.17) is 23.2 Å². The third kappa shape index (κ3) is 5.41. The molecule has 2 aromatic rings. The zero-order chi connectivity index (χ0) is 21.7. The number of halogens is 2. The van der Waals surface area contributed by atoms with Crippen LogP contribution in [0, 0.1) is 5.92 Å². The molecule has 2 amide bonds. The second kappa shape index (κ2) is 10.1. The van der Waals surface area contributed by atoms with E-state index < -0.39 is 23.5 Å². The molecule has 2 atom stereocenters. The van der Waals surface area contributed by atoms with Crippen molar-refractivity contribution in [2.45, 2.75) is 25.7 Å². The van der Waals surface area contributed by atoms with Crippen LogP contribution in [0.3, 0.4) is 0 Å². The summed E-state index contributed by atoms with van der Waals surface area (Å²) in [5.41, 5.74) is 2.11. The van der Waals surface area contributed by atoms with Crippen LogP contribution in [-0.2, 0) is 20.8 Å². The van der Waals surface area contributed by atoms with Crippen molar-refractivity contribution < 1.29 is 14.4 Å². The Hall–Kier alpha value is -2.37. The third-order valence-corrected chi connectivity index (χ3v) is 6.06. The highest BCUT2D eigenvalue weighted by Crippen LogP contribution is 2.23. The average Bonchev–Trinajstić information content (AvgIpc) is 3.02. The topological polar surface area (TPSA) is 66.5 Å². The minimum atomic E-state index is -0.939. The number of hydrogen-bond donors (Lipinski definition) is 1. The maximum absolute atomic E-state index is 12.5. The average molecular weight is 447 g/mol. The number of carbonyl (C=O) groups is 3. The summed E-state index contributed by atoms with van der Waals surface area (Å²) in [6, 6.07) is 15.2. The SMILES string of the molecule is C[C@H](CN1CC(C(=O)NCCCc2ccc(Cl)c(Cl)c2)C(=O)C1=O)c1ccccc1. The van der Waals surface area contributed by atoms with Gasteiger partial charge in [-0.25, -0.2) is 0 Å². The second-order valence-corrected chi connectivity index (χ2v) is 8.40. The Balaban J connectivity index is 1.48. The minimum Gasteiger partial charge on any atom is -0.355 e. The normalized spacial score (nSPS) is 17.3. The highest BCUT2D eigenvalue weighted by molar-refractivity contribution is 6.42. The highest BCUT2D eigenvalue weighted by Gasteiger charge is 2.43. The lowest BCUT2D eigenvalue weighted by Gasteiger charge is -2.20. The monoisotopic (exact) mass is 446 g/mol. The molecule has 1 aliphatic rings. The first-order chi connectivity index (χ1) is 14.4. The van der Waals surface area contributed by atoms with Crippen LogP contribution in [-0.4, -0.2) is 42.1 Å². The van der Waals surface area contributed by atoms with Crippen molar-refractivity contribution in [1.29, 1.82) is 0 Å². The molecule has 1 N–H and O–H groups in total. The van der Waals surface area contributed by atoms with Crippen LogP contribution in [0.2, 0.25) is 10.0 Å². The Morgan fingerprint density at radius 3 is 2.57 bits per heavy atom. The fraction of sp³-hybridized carbons (Fsp3) is 0.348. The van der Waals surface area contributed by atoms with Gasteiger partial charge in [0.05, 0.1) is 10.0 Å².